The molecule has 0 aromatic heterocycles. The minimum absolute atomic E-state index is 0.0276. The van der Waals surface area contributed by atoms with Crippen LogP contribution in [0.1, 0.15) is 40.2 Å². The van der Waals surface area contributed by atoms with E-state index < -0.39 is 29.5 Å². The number of carbonyl (C=O) groups excluding carboxylic acids is 3. The average Bonchev–Trinajstić information content (AvgIpc) is 2.53. The van der Waals surface area contributed by atoms with Gasteiger partial charge in [0, 0.05) is 16.0 Å². The van der Waals surface area contributed by atoms with Crippen LogP contribution in [0, 0.1) is 5.41 Å². The summed E-state index contributed by atoms with van der Waals surface area (Å²) in [6, 6.07) is 4.78. The number of nitrogens with zero attached hydrogens (tertiary/aromatic N) is 1. The first-order chi connectivity index (χ1) is 12.5. The van der Waals surface area contributed by atoms with Crippen molar-refractivity contribution >= 4 is 35.3 Å². The summed E-state index contributed by atoms with van der Waals surface area (Å²) in [4.78, 5) is 38.3. The van der Waals surface area contributed by atoms with Gasteiger partial charge in [-0.15, -0.1) is 0 Å². The highest BCUT2D eigenvalue weighted by Gasteiger charge is 2.35. The number of amides is 2. The van der Waals surface area contributed by atoms with Crippen LogP contribution in [-0.2, 0) is 25.7 Å². The molecule has 0 spiro atoms. The number of hydrogen-bond acceptors (Lipinski definition) is 6. The minimum atomic E-state index is -0.849. The number of halogens is 1. The third kappa shape index (κ3) is 6.52. The lowest BCUT2D eigenvalue weighted by molar-refractivity contribution is -0.143. The summed E-state index contributed by atoms with van der Waals surface area (Å²) in [6.07, 6.45) is -1.22. The molecule has 1 aromatic rings. The summed E-state index contributed by atoms with van der Waals surface area (Å²) in [5.74, 6) is -0.944. The Bertz CT molecular complexity index is 698. The summed E-state index contributed by atoms with van der Waals surface area (Å²) in [5, 5.41) is 2.96. The van der Waals surface area contributed by atoms with Crippen molar-refractivity contribution in [3.8, 4) is 0 Å². The number of esters is 1. The molecule has 0 unspecified atom stereocenters. The first-order valence-electron chi connectivity index (χ1n) is 8.61. The molecular weight excluding hydrogens is 372 g/mol. The van der Waals surface area contributed by atoms with Gasteiger partial charge in [-0.05, 0) is 33.0 Å². The van der Waals surface area contributed by atoms with Crippen molar-refractivity contribution in [2.75, 3.05) is 18.5 Å². The number of imide groups is 1. The van der Waals surface area contributed by atoms with Gasteiger partial charge in [0.05, 0.1) is 18.3 Å². The highest BCUT2D eigenvalue weighted by Crippen LogP contribution is 2.32. The number of likely N-dealkylation sites (N-methyl/N-ethyl adjacent to an activating group) is 1. The summed E-state index contributed by atoms with van der Waals surface area (Å²) in [5.41, 5.74) is -0.273. The molecule has 0 heterocycles. The van der Waals surface area contributed by atoms with Crippen LogP contribution >= 0.6 is 11.6 Å². The van der Waals surface area contributed by atoms with Crippen LogP contribution in [0.15, 0.2) is 18.2 Å². The van der Waals surface area contributed by atoms with E-state index in [0.29, 0.717) is 5.56 Å². The van der Waals surface area contributed by atoms with Gasteiger partial charge in [-0.2, -0.15) is 0 Å². The zero-order chi connectivity index (χ0) is 20.8. The van der Waals surface area contributed by atoms with E-state index in [-0.39, 0.29) is 23.9 Å². The number of carbonyl (C=O) groups is 3. The maximum absolute atomic E-state index is 13.0. The standard InChI is InChI=1S/C19H27ClN2O5/c1-12(2)27-18(25)22(17(24)19(3,4)5)15-9-7-8-14(20)13(15)11-26-16(23)10-21-6/h7-9,12,21H,10-11H2,1-6H3. The second-order valence-electron chi connectivity index (χ2n) is 7.25. The number of rotatable bonds is 6. The van der Waals surface area contributed by atoms with Gasteiger partial charge in [0.2, 0.25) is 5.91 Å². The first kappa shape index (κ1) is 22.9. The van der Waals surface area contributed by atoms with Crippen molar-refractivity contribution in [3.05, 3.63) is 28.8 Å². The van der Waals surface area contributed by atoms with Crippen LogP contribution in [0.3, 0.4) is 0 Å². The third-order valence-electron chi connectivity index (χ3n) is 3.40. The second-order valence-corrected chi connectivity index (χ2v) is 7.66. The number of hydrogen-bond donors (Lipinski definition) is 1. The van der Waals surface area contributed by atoms with Crippen molar-refractivity contribution < 1.29 is 23.9 Å². The van der Waals surface area contributed by atoms with Gasteiger partial charge in [0.25, 0.3) is 0 Å². The van der Waals surface area contributed by atoms with Crippen LogP contribution < -0.4 is 10.2 Å². The molecule has 27 heavy (non-hydrogen) atoms. The van der Waals surface area contributed by atoms with Crippen molar-refractivity contribution in [3.63, 3.8) is 0 Å². The Balaban J connectivity index is 3.36. The average molecular weight is 399 g/mol. The summed E-state index contributed by atoms with van der Waals surface area (Å²) >= 11 is 6.27. The van der Waals surface area contributed by atoms with E-state index in [9.17, 15) is 14.4 Å². The van der Waals surface area contributed by atoms with E-state index in [1.54, 1.807) is 59.9 Å². The monoisotopic (exact) mass is 398 g/mol. The molecule has 1 aromatic carbocycles. The highest BCUT2D eigenvalue weighted by atomic mass is 35.5. The second kappa shape index (κ2) is 9.71. The molecule has 0 radical (unpaired) electrons. The van der Waals surface area contributed by atoms with Gasteiger partial charge < -0.3 is 14.8 Å². The fourth-order valence-electron chi connectivity index (χ4n) is 2.13. The van der Waals surface area contributed by atoms with Crippen LogP contribution in [-0.4, -0.2) is 37.7 Å². The molecule has 0 aliphatic heterocycles. The molecular formula is C19H27ClN2O5. The molecule has 0 saturated carbocycles. The van der Waals surface area contributed by atoms with Gasteiger partial charge in [-0.3, -0.25) is 9.59 Å². The topological polar surface area (TPSA) is 84.9 Å². The fraction of sp³-hybridized carbons (Fsp3) is 0.526. The predicted octanol–water partition coefficient (Wildman–Crippen LogP) is 3.53. The molecule has 0 atom stereocenters. The van der Waals surface area contributed by atoms with E-state index >= 15 is 0 Å². The molecule has 7 nitrogen and oxygen atoms in total. The van der Waals surface area contributed by atoms with Gasteiger partial charge in [-0.1, -0.05) is 38.4 Å². The lowest BCUT2D eigenvalue weighted by atomic mass is 9.94. The van der Waals surface area contributed by atoms with Crippen molar-refractivity contribution in [1.82, 2.24) is 5.32 Å². The van der Waals surface area contributed by atoms with E-state index in [1.165, 1.54) is 0 Å². The molecule has 0 bridgehead atoms. The van der Waals surface area contributed by atoms with Gasteiger partial charge in [0.1, 0.15) is 6.61 Å². The summed E-state index contributed by atoms with van der Waals surface area (Å²) < 4.78 is 10.4. The molecule has 0 fully saturated rings. The molecule has 1 N–H and O–H groups in total. The predicted molar refractivity (Wildman–Crippen MR) is 104 cm³/mol. The number of benzene rings is 1. The van der Waals surface area contributed by atoms with Crippen LogP contribution in [0.4, 0.5) is 10.5 Å². The SMILES string of the molecule is CNCC(=O)OCc1c(Cl)cccc1N(C(=O)OC(C)C)C(=O)C(C)(C)C. The lowest BCUT2D eigenvalue weighted by Gasteiger charge is -2.29. The lowest BCUT2D eigenvalue weighted by Crippen LogP contribution is -2.45. The van der Waals surface area contributed by atoms with E-state index in [1.807, 2.05) is 0 Å². The zero-order valence-corrected chi connectivity index (χ0v) is 17.3. The smallest absolute Gasteiger partial charge is 0.421 e. The summed E-state index contributed by atoms with van der Waals surface area (Å²) in [7, 11) is 1.62. The number of ether oxygens (including phenoxy) is 2. The number of nitrogens with one attached hydrogen (secondary N) is 1. The molecule has 0 saturated heterocycles. The molecule has 1 rings (SSSR count). The van der Waals surface area contributed by atoms with Gasteiger partial charge >= 0.3 is 12.1 Å². The first-order valence-corrected chi connectivity index (χ1v) is 8.99. The van der Waals surface area contributed by atoms with Crippen molar-refractivity contribution in [2.45, 2.75) is 47.3 Å². The quantitative estimate of drug-likeness (QED) is 0.738. The fourth-order valence-corrected chi connectivity index (χ4v) is 2.35. The van der Waals surface area contributed by atoms with Crippen LogP contribution in [0.5, 0.6) is 0 Å². The maximum atomic E-state index is 13.0. The van der Waals surface area contributed by atoms with E-state index in [2.05, 4.69) is 5.32 Å². The molecule has 2 amide bonds. The Hall–Kier alpha value is -2.12. The molecule has 0 aliphatic carbocycles. The Labute approximate surface area is 165 Å². The number of anilines is 1. The van der Waals surface area contributed by atoms with Crippen molar-refractivity contribution in [2.24, 2.45) is 5.41 Å². The van der Waals surface area contributed by atoms with E-state index in [4.69, 9.17) is 21.1 Å². The van der Waals surface area contributed by atoms with Crippen molar-refractivity contribution in [1.29, 1.82) is 0 Å². The van der Waals surface area contributed by atoms with Crippen LogP contribution in [0.25, 0.3) is 0 Å². The normalized spacial score (nSPS) is 11.3. The molecule has 150 valence electrons. The Morgan fingerprint density at radius 3 is 2.37 bits per heavy atom. The maximum Gasteiger partial charge on any atom is 0.421 e. The van der Waals surface area contributed by atoms with Gasteiger partial charge in [0.15, 0.2) is 0 Å². The van der Waals surface area contributed by atoms with E-state index in [0.717, 1.165) is 4.90 Å². The third-order valence-corrected chi connectivity index (χ3v) is 3.75. The zero-order valence-electron chi connectivity index (χ0n) is 16.6. The van der Waals surface area contributed by atoms with Gasteiger partial charge in [-0.25, -0.2) is 9.69 Å². The summed E-state index contributed by atoms with van der Waals surface area (Å²) in [6.45, 7) is 8.32. The molecule has 0 aliphatic rings. The molecule has 8 heteroatoms. The Morgan fingerprint density at radius 2 is 1.85 bits per heavy atom. The van der Waals surface area contributed by atoms with Crippen LogP contribution in [0.2, 0.25) is 5.02 Å². The Morgan fingerprint density at radius 1 is 1.22 bits per heavy atom. The highest BCUT2D eigenvalue weighted by molar-refractivity contribution is 6.32. The Kier molecular flexibility index (Phi) is 8.24. The largest absolute Gasteiger partial charge is 0.460 e. The minimum Gasteiger partial charge on any atom is -0.460 e.